The van der Waals surface area contributed by atoms with Gasteiger partial charge in [0.15, 0.2) is 0 Å². The van der Waals surface area contributed by atoms with Crippen LogP contribution in [0.2, 0.25) is 0 Å². The topological polar surface area (TPSA) is 58.2 Å². The summed E-state index contributed by atoms with van der Waals surface area (Å²) in [4.78, 5) is 25.1. The number of hydrogen-bond donors (Lipinski definition) is 2. The first-order valence-corrected chi connectivity index (χ1v) is 9.73. The first-order valence-electron chi connectivity index (χ1n) is 8.85. The summed E-state index contributed by atoms with van der Waals surface area (Å²) in [5.74, 6) is 0.213. The number of thiophene rings is 1. The van der Waals surface area contributed by atoms with Crippen LogP contribution in [0.3, 0.4) is 0 Å². The zero-order chi connectivity index (χ0) is 17.6. The van der Waals surface area contributed by atoms with Gasteiger partial charge in [0, 0.05) is 24.6 Å². The van der Waals surface area contributed by atoms with E-state index in [2.05, 4.69) is 10.6 Å². The van der Waals surface area contributed by atoms with Crippen molar-refractivity contribution < 1.29 is 9.59 Å². The van der Waals surface area contributed by atoms with E-state index in [4.69, 9.17) is 0 Å². The number of nitrogens with one attached hydrogen (secondary N) is 2. The average Bonchev–Trinajstić information content (AvgIpc) is 3.30. The van der Waals surface area contributed by atoms with E-state index >= 15 is 0 Å². The largest absolute Gasteiger partial charge is 0.354 e. The number of carbonyl (C=O) groups is 2. The molecule has 0 bridgehead atoms. The molecule has 0 aliphatic heterocycles. The molecule has 2 amide bonds. The lowest BCUT2D eigenvalue weighted by molar-refractivity contribution is -0.124. The van der Waals surface area contributed by atoms with Crippen LogP contribution in [0.25, 0.3) is 11.1 Å². The van der Waals surface area contributed by atoms with E-state index in [9.17, 15) is 9.59 Å². The molecule has 0 spiro atoms. The summed E-state index contributed by atoms with van der Waals surface area (Å²) in [6.07, 6.45) is 4.28. The minimum absolute atomic E-state index is 0.0827. The molecule has 1 aromatic heterocycles. The van der Waals surface area contributed by atoms with Crippen LogP contribution in [0, 0.1) is 12.8 Å². The lowest BCUT2D eigenvalue weighted by Gasteiger charge is -2.11. The Kier molecular flexibility index (Phi) is 5.87. The molecule has 5 heteroatoms. The minimum atomic E-state index is -0.0827. The van der Waals surface area contributed by atoms with Gasteiger partial charge in [0.25, 0.3) is 5.91 Å². The molecule has 1 fully saturated rings. The molecule has 0 unspecified atom stereocenters. The van der Waals surface area contributed by atoms with Gasteiger partial charge < -0.3 is 10.6 Å². The van der Waals surface area contributed by atoms with Crippen molar-refractivity contribution in [2.75, 3.05) is 13.1 Å². The highest BCUT2D eigenvalue weighted by molar-refractivity contribution is 7.12. The third kappa shape index (κ3) is 4.48. The standard InChI is InChI=1S/C20H24N2O2S/c1-14-6-8-15(9-7-14)17-10-13-25-18(17)20(24)22-12-11-21-19(23)16-4-2-3-5-16/h6-10,13,16H,2-5,11-12H2,1H3,(H,21,23)(H,22,24). The summed E-state index contributed by atoms with van der Waals surface area (Å²) in [5, 5.41) is 7.77. The van der Waals surface area contributed by atoms with Gasteiger partial charge in [-0.3, -0.25) is 9.59 Å². The Bertz CT molecular complexity index is 730. The van der Waals surface area contributed by atoms with Crippen LogP contribution >= 0.6 is 11.3 Å². The third-order valence-corrected chi connectivity index (χ3v) is 5.58. The Morgan fingerprint density at radius 3 is 2.44 bits per heavy atom. The molecule has 0 radical (unpaired) electrons. The Labute approximate surface area is 152 Å². The van der Waals surface area contributed by atoms with Crippen LogP contribution in [0.1, 0.15) is 40.9 Å². The molecule has 4 nitrogen and oxygen atoms in total. The van der Waals surface area contributed by atoms with Crippen LogP contribution in [0.15, 0.2) is 35.7 Å². The Balaban J connectivity index is 1.51. The molecule has 2 N–H and O–H groups in total. The second-order valence-electron chi connectivity index (χ2n) is 6.56. The first kappa shape index (κ1) is 17.7. The average molecular weight is 356 g/mol. The number of benzene rings is 1. The number of carbonyl (C=O) groups excluding carboxylic acids is 2. The van der Waals surface area contributed by atoms with Gasteiger partial charge in [0.1, 0.15) is 0 Å². The summed E-state index contributed by atoms with van der Waals surface area (Å²) >= 11 is 1.44. The van der Waals surface area contributed by atoms with E-state index in [1.165, 1.54) is 16.9 Å². The molecular weight excluding hydrogens is 332 g/mol. The highest BCUT2D eigenvalue weighted by atomic mass is 32.1. The first-order chi connectivity index (χ1) is 12.1. The molecule has 3 rings (SSSR count). The third-order valence-electron chi connectivity index (χ3n) is 4.67. The van der Waals surface area contributed by atoms with Crippen LogP contribution in [-0.4, -0.2) is 24.9 Å². The van der Waals surface area contributed by atoms with Gasteiger partial charge >= 0.3 is 0 Å². The van der Waals surface area contributed by atoms with Crippen molar-refractivity contribution >= 4 is 23.2 Å². The molecule has 1 aromatic carbocycles. The Morgan fingerprint density at radius 2 is 1.72 bits per heavy atom. The van der Waals surface area contributed by atoms with Crippen LogP contribution in [0.4, 0.5) is 0 Å². The maximum Gasteiger partial charge on any atom is 0.262 e. The van der Waals surface area contributed by atoms with Gasteiger partial charge in [-0.15, -0.1) is 11.3 Å². The quantitative estimate of drug-likeness (QED) is 0.774. The number of aryl methyl sites for hydroxylation is 1. The van der Waals surface area contributed by atoms with Crippen molar-refractivity contribution in [3.05, 3.63) is 46.2 Å². The lowest BCUT2D eigenvalue weighted by atomic mass is 10.0. The zero-order valence-electron chi connectivity index (χ0n) is 14.5. The fourth-order valence-corrected chi connectivity index (χ4v) is 4.05. The van der Waals surface area contributed by atoms with E-state index in [0.29, 0.717) is 18.0 Å². The maximum absolute atomic E-state index is 12.5. The van der Waals surface area contributed by atoms with Crippen LogP contribution in [0.5, 0.6) is 0 Å². The SMILES string of the molecule is Cc1ccc(-c2ccsc2C(=O)NCCNC(=O)C2CCCC2)cc1. The highest BCUT2D eigenvalue weighted by Crippen LogP contribution is 2.28. The number of rotatable bonds is 6. The van der Waals surface area contributed by atoms with Gasteiger partial charge in [-0.1, -0.05) is 42.7 Å². The van der Waals surface area contributed by atoms with Crippen LogP contribution in [-0.2, 0) is 4.79 Å². The molecule has 1 heterocycles. The van der Waals surface area contributed by atoms with E-state index in [0.717, 1.165) is 36.8 Å². The van der Waals surface area contributed by atoms with Crippen molar-refractivity contribution in [2.24, 2.45) is 5.92 Å². The van der Waals surface area contributed by atoms with E-state index < -0.39 is 0 Å². The van der Waals surface area contributed by atoms with Gasteiger partial charge in [-0.25, -0.2) is 0 Å². The monoisotopic (exact) mass is 356 g/mol. The van der Waals surface area contributed by atoms with E-state index in [1.54, 1.807) is 0 Å². The van der Waals surface area contributed by atoms with Crippen LogP contribution < -0.4 is 10.6 Å². The zero-order valence-corrected chi connectivity index (χ0v) is 15.3. The fraction of sp³-hybridized carbons (Fsp3) is 0.400. The van der Waals surface area contributed by atoms with Crippen molar-refractivity contribution in [2.45, 2.75) is 32.6 Å². The van der Waals surface area contributed by atoms with Crippen molar-refractivity contribution in [1.29, 1.82) is 0 Å². The predicted octanol–water partition coefficient (Wildman–Crippen LogP) is 3.76. The summed E-state index contributed by atoms with van der Waals surface area (Å²) < 4.78 is 0. The molecule has 132 valence electrons. The molecule has 0 saturated heterocycles. The van der Waals surface area contributed by atoms with Gasteiger partial charge in [-0.2, -0.15) is 0 Å². The van der Waals surface area contributed by atoms with Gasteiger partial charge in [-0.05, 0) is 36.8 Å². The second-order valence-corrected chi connectivity index (χ2v) is 7.47. The predicted molar refractivity (Wildman–Crippen MR) is 102 cm³/mol. The normalized spacial score (nSPS) is 14.4. The summed E-state index contributed by atoms with van der Waals surface area (Å²) in [5.41, 5.74) is 3.20. The summed E-state index contributed by atoms with van der Waals surface area (Å²) in [6.45, 7) is 2.97. The second kappa shape index (κ2) is 8.30. The number of hydrogen-bond acceptors (Lipinski definition) is 3. The Morgan fingerprint density at radius 1 is 1.04 bits per heavy atom. The molecule has 0 atom stereocenters. The Hall–Kier alpha value is -2.14. The minimum Gasteiger partial charge on any atom is -0.354 e. The highest BCUT2D eigenvalue weighted by Gasteiger charge is 2.22. The van der Waals surface area contributed by atoms with E-state index in [-0.39, 0.29) is 17.7 Å². The molecule has 1 saturated carbocycles. The molecule has 1 aliphatic carbocycles. The lowest BCUT2D eigenvalue weighted by Crippen LogP contribution is -2.36. The smallest absolute Gasteiger partial charge is 0.262 e. The van der Waals surface area contributed by atoms with E-state index in [1.807, 2.05) is 42.6 Å². The number of amides is 2. The fourth-order valence-electron chi connectivity index (χ4n) is 3.22. The van der Waals surface area contributed by atoms with Gasteiger partial charge in [0.2, 0.25) is 5.91 Å². The van der Waals surface area contributed by atoms with Crippen molar-refractivity contribution in [3.63, 3.8) is 0 Å². The molecular formula is C20H24N2O2S. The van der Waals surface area contributed by atoms with Crippen molar-refractivity contribution in [1.82, 2.24) is 10.6 Å². The maximum atomic E-state index is 12.5. The van der Waals surface area contributed by atoms with Gasteiger partial charge in [0.05, 0.1) is 4.88 Å². The summed E-state index contributed by atoms with van der Waals surface area (Å²) in [6, 6.07) is 10.2. The molecule has 25 heavy (non-hydrogen) atoms. The molecule has 1 aliphatic rings. The summed E-state index contributed by atoms with van der Waals surface area (Å²) in [7, 11) is 0. The molecule has 2 aromatic rings. The van der Waals surface area contributed by atoms with Crippen molar-refractivity contribution in [3.8, 4) is 11.1 Å².